The van der Waals surface area contributed by atoms with E-state index in [0.717, 1.165) is 16.7 Å². The van der Waals surface area contributed by atoms with Gasteiger partial charge in [0.15, 0.2) is 0 Å². The monoisotopic (exact) mass is 360 g/mol. The fourth-order valence-corrected chi connectivity index (χ4v) is 3.67. The molecule has 102 valence electrons. The lowest BCUT2D eigenvalue weighted by Gasteiger charge is -2.06. The first-order valence-electron chi connectivity index (χ1n) is 5.49. The van der Waals surface area contributed by atoms with Crippen molar-refractivity contribution in [2.24, 2.45) is 5.14 Å². The highest BCUT2D eigenvalue weighted by Gasteiger charge is 2.05. The summed E-state index contributed by atoms with van der Waals surface area (Å²) in [7, 11) is -3.47. The summed E-state index contributed by atoms with van der Waals surface area (Å²) in [5.41, 5.74) is 1.63. The molecule has 0 saturated heterocycles. The zero-order chi connectivity index (χ0) is 13.9. The molecule has 0 aliphatic rings. The maximum absolute atomic E-state index is 11.0. The van der Waals surface area contributed by atoms with E-state index in [-0.39, 0.29) is 5.75 Å². The second-order valence-corrected chi connectivity index (χ2v) is 7.52. The van der Waals surface area contributed by atoms with Crippen molar-refractivity contribution in [2.45, 2.75) is 12.3 Å². The summed E-state index contributed by atoms with van der Waals surface area (Å²) in [4.78, 5) is 1.22. The van der Waals surface area contributed by atoms with Crippen LogP contribution in [-0.2, 0) is 22.3 Å². The number of nitrogens with two attached hydrogens (primary N) is 1. The third-order valence-electron chi connectivity index (χ3n) is 2.47. The van der Waals surface area contributed by atoms with Crippen LogP contribution in [0.4, 0.5) is 5.69 Å². The van der Waals surface area contributed by atoms with Gasteiger partial charge in [-0.2, -0.15) is 0 Å². The molecule has 3 N–H and O–H groups in total. The number of hydrogen-bond acceptors (Lipinski definition) is 4. The van der Waals surface area contributed by atoms with Crippen molar-refractivity contribution in [2.75, 3.05) is 5.32 Å². The van der Waals surface area contributed by atoms with Crippen LogP contribution in [0.5, 0.6) is 0 Å². The normalized spacial score (nSPS) is 11.5. The minimum Gasteiger partial charge on any atom is -0.380 e. The zero-order valence-electron chi connectivity index (χ0n) is 9.97. The molecule has 1 aromatic carbocycles. The maximum Gasteiger partial charge on any atom is 0.213 e. The Bertz CT molecular complexity index is 651. The fraction of sp³-hybridized carbons (Fsp3) is 0.167. The van der Waals surface area contributed by atoms with E-state index in [4.69, 9.17) is 5.14 Å². The lowest BCUT2D eigenvalue weighted by atomic mass is 10.2. The molecule has 0 fully saturated rings. The summed E-state index contributed by atoms with van der Waals surface area (Å²) in [5, 5.41) is 10.3. The molecule has 4 nitrogen and oxygen atoms in total. The summed E-state index contributed by atoms with van der Waals surface area (Å²) in [5.74, 6) is -0.135. The van der Waals surface area contributed by atoms with Gasteiger partial charge in [0.25, 0.3) is 0 Å². The molecule has 0 aliphatic carbocycles. The quantitative estimate of drug-likeness (QED) is 0.860. The lowest BCUT2D eigenvalue weighted by molar-refractivity contribution is 0.597. The van der Waals surface area contributed by atoms with Crippen molar-refractivity contribution in [1.82, 2.24) is 0 Å². The van der Waals surface area contributed by atoms with Crippen molar-refractivity contribution >= 4 is 43.0 Å². The summed E-state index contributed by atoms with van der Waals surface area (Å²) in [6, 6.07) is 9.23. The highest BCUT2D eigenvalue weighted by atomic mass is 79.9. The topological polar surface area (TPSA) is 72.2 Å². The average Bonchev–Trinajstić information content (AvgIpc) is 2.72. The molecule has 0 radical (unpaired) electrons. The van der Waals surface area contributed by atoms with Gasteiger partial charge >= 0.3 is 0 Å². The molecule has 19 heavy (non-hydrogen) atoms. The molecule has 7 heteroatoms. The van der Waals surface area contributed by atoms with Gasteiger partial charge in [-0.3, -0.25) is 0 Å². The van der Waals surface area contributed by atoms with Crippen LogP contribution in [0.15, 0.2) is 40.2 Å². The van der Waals surface area contributed by atoms with E-state index >= 15 is 0 Å². The van der Waals surface area contributed by atoms with Gasteiger partial charge in [0, 0.05) is 15.0 Å². The minimum absolute atomic E-state index is 0.135. The van der Waals surface area contributed by atoms with Crippen molar-refractivity contribution in [1.29, 1.82) is 0 Å². The summed E-state index contributed by atoms with van der Waals surface area (Å²) >= 11 is 5.15. The van der Waals surface area contributed by atoms with Gasteiger partial charge in [-0.05, 0) is 45.1 Å². The minimum atomic E-state index is -3.47. The molecule has 1 heterocycles. The van der Waals surface area contributed by atoms with Crippen LogP contribution in [-0.4, -0.2) is 8.42 Å². The number of rotatable bonds is 5. The van der Waals surface area contributed by atoms with Gasteiger partial charge in [0.05, 0.1) is 12.3 Å². The zero-order valence-corrected chi connectivity index (χ0v) is 13.2. The Morgan fingerprint density at radius 1 is 1.21 bits per heavy atom. The Kier molecular flexibility index (Phi) is 4.62. The predicted molar refractivity (Wildman–Crippen MR) is 82.6 cm³/mol. The number of thiophene rings is 1. The molecule has 2 rings (SSSR count). The van der Waals surface area contributed by atoms with Gasteiger partial charge in [0.2, 0.25) is 10.0 Å². The molecule has 0 atom stereocenters. The average molecular weight is 361 g/mol. The molecule has 0 aliphatic heterocycles. The highest BCUT2D eigenvalue weighted by molar-refractivity contribution is 9.10. The maximum atomic E-state index is 11.0. The van der Waals surface area contributed by atoms with E-state index < -0.39 is 10.0 Å². The third kappa shape index (κ3) is 4.61. The Morgan fingerprint density at radius 2 is 1.89 bits per heavy atom. The van der Waals surface area contributed by atoms with E-state index in [1.807, 2.05) is 23.6 Å². The van der Waals surface area contributed by atoms with Gasteiger partial charge in [-0.1, -0.05) is 12.1 Å². The number of halogens is 1. The molecular weight excluding hydrogens is 348 g/mol. The first kappa shape index (κ1) is 14.5. The molecule has 0 unspecified atom stereocenters. The van der Waals surface area contributed by atoms with Crippen LogP contribution < -0.4 is 10.5 Å². The molecule has 0 saturated carbocycles. The number of anilines is 1. The Morgan fingerprint density at radius 3 is 2.42 bits per heavy atom. The third-order valence-corrected chi connectivity index (χ3v) is 5.13. The van der Waals surface area contributed by atoms with Crippen LogP contribution >= 0.6 is 27.3 Å². The van der Waals surface area contributed by atoms with Crippen LogP contribution in [0.3, 0.4) is 0 Å². The number of benzene rings is 1. The van der Waals surface area contributed by atoms with E-state index in [2.05, 4.69) is 21.2 Å². The van der Waals surface area contributed by atoms with E-state index in [0.29, 0.717) is 5.56 Å². The number of hydrogen-bond donors (Lipinski definition) is 2. The highest BCUT2D eigenvalue weighted by Crippen LogP contribution is 2.23. The van der Waals surface area contributed by atoms with E-state index in [1.54, 1.807) is 23.5 Å². The van der Waals surface area contributed by atoms with Crippen LogP contribution in [0.1, 0.15) is 10.4 Å². The first-order chi connectivity index (χ1) is 8.94. The molecule has 1 aromatic heterocycles. The summed E-state index contributed by atoms with van der Waals surface area (Å²) in [6.45, 7) is 0.729. The smallest absolute Gasteiger partial charge is 0.213 e. The van der Waals surface area contributed by atoms with Gasteiger partial charge < -0.3 is 5.32 Å². The van der Waals surface area contributed by atoms with Crippen molar-refractivity contribution < 1.29 is 8.42 Å². The largest absolute Gasteiger partial charge is 0.380 e. The van der Waals surface area contributed by atoms with Crippen molar-refractivity contribution in [3.63, 3.8) is 0 Å². The molecule has 2 aromatic rings. The van der Waals surface area contributed by atoms with Crippen molar-refractivity contribution in [3.05, 3.63) is 50.6 Å². The van der Waals surface area contributed by atoms with Crippen LogP contribution in [0.2, 0.25) is 0 Å². The number of sulfonamides is 1. The van der Waals surface area contributed by atoms with Gasteiger partial charge in [0.1, 0.15) is 0 Å². The molecule has 0 amide bonds. The number of nitrogens with one attached hydrogen (secondary N) is 1. The Hall–Kier alpha value is -0.890. The molecular formula is C12H13BrN2O2S2. The molecule has 0 spiro atoms. The Balaban J connectivity index is 1.97. The first-order valence-corrected chi connectivity index (χ1v) is 8.88. The van der Waals surface area contributed by atoms with Gasteiger partial charge in [-0.25, -0.2) is 13.6 Å². The Labute approximate surface area is 124 Å². The van der Waals surface area contributed by atoms with Crippen molar-refractivity contribution in [3.8, 4) is 0 Å². The summed E-state index contributed by atoms with van der Waals surface area (Å²) < 4.78 is 23.0. The second kappa shape index (κ2) is 6.04. The lowest BCUT2D eigenvalue weighted by Crippen LogP contribution is -2.14. The molecule has 0 bridgehead atoms. The predicted octanol–water partition coefficient (Wildman–Crippen LogP) is 2.91. The van der Waals surface area contributed by atoms with Crippen LogP contribution in [0.25, 0.3) is 0 Å². The second-order valence-electron chi connectivity index (χ2n) is 4.05. The van der Waals surface area contributed by atoms with Gasteiger partial charge in [-0.15, -0.1) is 11.3 Å². The summed E-state index contributed by atoms with van der Waals surface area (Å²) in [6.07, 6.45) is 0. The van der Waals surface area contributed by atoms with E-state index in [9.17, 15) is 8.42 Å². The van der Waals surface area contributed by atoms with Crippen LogP contribution in [0, 0.1) is 0 Å². The van der Waals surface area contributed by atoms with E-state index in [1.165, 1.54) is 4.88 Å². The SMILES string of the molecule is NS(=O)(=O)Cc1ccc(NCc2sccc2Br)cc1. The standard InChI is InChI=1S/C12H13BrN2O2S2/c13-11-5-6-18-12(11)7-15-10-3-1-9(2-4-10)8-19(14,16)17/h1-6,15H,7-8H2,(H2,14,16,17). The number of primary sulfonamides is 1. The fourth-order valence-electron chi connectivity index (χ4n) is 1.58.